The molecule has 0 aliphatic rings. The van der Waals surface area contributed by atoms with E-state index in [2.05, 4.69) is 4.98 Å². The molecule has 0 spiro atoms. The van der Waals surface area contributed by atoms with Crippen LogP contribution in [-0.2, 0) is 12.7 Å². The summed E-state index contributed by atoms with van der Waals surface area (Å²) < 4.78 is 62.3. The molecule has 0 aliphatic heterocycles. The van der Waals surface area contributed by atoms with Crippen LogP contribution in [0.3, 0.4) is 0 Å². The van der Waals surface area contributed by atoms with E-state index >= 15 is 0 Å². The first kappa shape index (κ1) is 13.3. The van der Waals surface area contributed by atoms with Gasteiger partial charge >= 0.3 is 6.18 Å². The van der Waals surface area contributed by atoms with Crippen LogP contribution < -0.4 is 5.73 Å². The largest absolute Gasteiger partial charge is 0.419 e. The molecule has 1 heterocycles. The predicted octanol–water partition coefficient (Wildman–Crippen LogP) is 2.37. The van der Waals surface area contributed by atoms with Gasteiger partial charge in [-0.1, -0.05) is 0 Å². The molecule has 17 heavy (non-hydrogen) atoms. The first-order chi connectivity index (χ1) is 7.81. The van der Waals surface area contributed by atoms with Gasteiger partial charge in [0.15, 0.2) is 5.69 Å². The lowest BCUT2D eigenvalue weighted by Gasteiger charge is -2.12. The molecule has 2 N–H and O–H groups in total. The van der Waals surface area contributed by atoms with Gasteiger partial charge in [-0.25, -0.2) is 13.8 Å². The highest BCUT2D eigenvalue weighted by Gasteiger charge is 2.36. The lowest BCUT2D eigenvalue weighted by atomic mass is 10.1. The Morgan fingerprint density at radius 2 is 2.00 bits per heavy atom. The molecule has 0 aromatic carbocycles. The zero-order valence-electron chi connectivity index (χ0n) is 8.22. The Balaban J connectivity index is 3.51. The van der Waals surface area contributed by atoms with E-state index < -0.39 is 41.7 Å². The van der Waals surface area contributed by atoms with Crippen molar-refractivity contribution in [1.82, 2.24) is 4.98 Å². The van der Waals surface area contributed by atoms with E-state index in [0.29, 0.717) is 6.07 Å². The average Bonchev–Trinajstić information content (AvgIpc) is 2.25. The molecule has 0 bridgehead atoms. The molecule has 1 aromatic heterocycles. The van der Waals surface area contributed by atoms with Gasteiger partial charge in [0, 0.05) is 6.54 Å². The SMILES string of the molecule is N#Cc1nc(C(F)F)c(CN)cc1C(F)(F)F. The van der Waals surface area contributed by atoms with Crippen molar-refractivity contribution in [2.24, 2.45) is 5.73 Å². The van der Waals surface area contributed by atoms with Crippen molar-refractivity contribution in [3.63, 3.8) is 0 Å². The van der Waals surface area contributed by atoms with Crippen LogP contribution >= 0.6 is 0 Å². The minimum absolute atomic E-state index is 0.425. The zero-order chi connectivity index (χ0) is 13.2. The first-order valence-corrected chi connectivity index (χ1v) is 4.30. The van der Waals surface area contributed by atoms with Crippen LogP contribution in [0.1, 0.15) is 28.9 Å². The molecule has 92 valence electrons. The fourth-order valence-corrected chi connectivity index (χ4v) is 1.22. The average molecular weight is 251 g/mol. The fourth-order valence-electron chi connectivity index (χ4n) is 1.22. The van der Waals surface area contributed by atoms with Crippen molar-refractivity contribution in [3.8, 4) is 6.07 Å². The van der Waals surface area contributed by atoms with Crippen molar-refractivity contribution < 1.29 is 22.0 Å². The highest BCUT2D eigenvalue weighted by atomic mass is 19.4. The van der Waals surface area contributed by atoms with E-state index in [4.69, 9.17) is 11.0 Å². The molecule has 3 nitrogen and oxygen atoms in total. The molecule has 0 fully saturated rings. The fraction of sp³-hybridized carbons (Fsp3) is 0.333. The van der Waals surface area contributed by atoms with Crippen LogP contribution in [0.15, 0.2) is 6.07 Å². The van der Waals surface area contributed by atoms with Gasteiger partial charge in [-0.05, 0) is 11.6 Å². The number of pyridine rings is 1. The van der Waals surface area contributed by atoms with E-state index in [1.807, 2.05) is 0 Å². The summed E-state index contributed by atoms with van der Waals surface area (Å²) in [4.78, 5) is 3.02. The monoisotopic (exact) mass is 251 g/mol. The van der Waals surface area contributed by atoms with Gasteiger partial charge in [0.1, 0.15) is 11.8 Å². The summed E-state index contributed by atoms with van der Waals surface area (Å²) >= 11 is 0. The number of hydrogen-bond donors (Lipinski definition) is 1. The van der Waals surface area contributed by atoms with E-state index in [1.165, 1.54) is 0 Å². The molecular weight excluding hydrogens is 245 g/mol. The summed E-state index contributed by atoms with van der Waals surface area (Å²) in [5.41, 5.74) is 1.32. The highest BCUT2D eigenvalue weighted by Crippen LogP contribution is 2.33. The zero-order valence-corrected chi connectivity index (χ0v) is 8.22. The van der Waals surface area contributed by atoms with Crippen LogP contribution in [0.4, 0.5) is 22.0 Å². The lowest BCUT2D eigenvalue weighted by Crippen LogP contribution is -2.14. The Morgan fingerprint density at radius 3 is 2.35 bits per heavy atom. The summed E-state index contributed by atoms with van der Waals surface area (Å²) in [6.45, 7) is -0.512. The maximum absolute atomic E-state index is 12.5. The van der Waals surface area contributed by atoms with Gasteiger partial charge in [-0.2, -0.15) is 18.4 Å². The number of nitrogens with zero attached hydrogens (tertiary/aromatic N) is 2. The second-order valence-electron chi connectivity index (χ2n) is 3.04. The third kappa shape index (κ3) is 2.68. The summed E-state index contributed by atoms with van der Waals surface area (Å²) in [5.74, 6) is 0. The standard InChI is InChI=1S/C9H6F5N3/c10-8(11)7-4(2-15)1-5(9(12,13)14)6(3-16)17-7/h1,8H,2,15H2. The molecule has 0 amide bonds. The maximum atomic E-state index is 12.5. The Labute approximate surface area is 92.7 Å². The quantitative estimate of drug-likeness (QED) is 0.820. The molecule has 0 unspecified atom stereocenters. The van der Waals surface area contributed by atoms with Crippen LogP contribution in [0.25, 0.3) is 0 Å². The van der Waals surface area contributed by atoms with E-state index in [-0.39, 0.29) is 0 Å². The van der Waals surface area contributed by atoms with Gasteiger partial charge in [-0.3, -0.25) is 0 Å². The minimum Gasteiger partial charge on any atom is -0.326 e. The Hall–Kier alpha value is -1.75. The highest BCUT2D eigenvalue weighted by molar-refractivity contribution is 5.39. The smallest absolute Gasteiger partial charge is 0.326 e. The van der Waals surface area contributed by atoms with Crippen LogP contribution in [0, 0.1) is 11.3 Å². The second-order valence-corrected chi connectivity index (χ2v) is 3.04. The maximum Gasteiger partial charge on any atom is 0.419 e. The van der Waals surface area contributed by atoms with Crippen molar-refractivity contribution in [2.75, 3.05) is 0 Å². The molecule has 0 saturated carbocycles. The molecular formula is C9H6F5N3. The summed E-state index contributed by atoms with van der Waals surface area (Å²) in [5, 5.41) is 8.46. The van der Waals surface area contributed by atoms with E-state index in [0.717, 1.165) is 6.07 Å². The van der Waals surface area contributed by atoms with Crippen molar-refractivity contribution in [3.05, 3.63) is 28.6 Å². The Kier molecular flexibility index (Phi) is 3.63. The number of nitriles is 1. The van der Waals surface area contributed by atoms with Gasteiger partial charge < -0.3 is 5.73 Å². The Bertz CT molecular complexity index is 461. The van der Waals surface area contributed by atoms with Crippen LogP contribution in [0.5, 0.6) is 0 Å². The molecule has 0 radical (unpaired) electrons. The van der Waals surface area contributed by atoms with Gasteiger partial charge in [-0.15, -0.1) is 0 Å². The van der Waals surface area contributed by atoms with Gasteiger partial charge in [0.25, 0.3) is 6.43 Å². The first-order valence-electron chi connectivity index (χ1n) is 4.30. The van der Waals surface area contributed by atoms with Crippen molar-refractivity contribution in [2.45, 2.75) is 19.1 Å². The summed E-state index contributed by atoms with van der Waals surface area (Å²) in [7, 11) is 0. The third-order valence-corrected chi connectivity index (χ3v) is 1.97. The predicted molar refractivity (Wildman–Crippen MR) is 46.8 cm³/mol. The second kappa shape index (κ2) is 4.63. The van der Waals surface area contributed by atoms with Crippen molar-refractivity contribution >= 4 is 0 Å². The molecule has 8 heteroatoms. The number of hydrogen-bond acceptors (Lipinski definition) is 3. The molecule has 1 rings (SSSR count). The minimum atomic E-state index is -4.83. The third-order valence-electron chi connectivity index (χ3n) is 1.97. The number of nitrogens with two attached hydrogens (primary N) is 1. The molecule has 1 aromatic rings. The van der Waals surface area contributed by atoms with Crippen LogP contribution in [0.2, 0.25) is 0 Å². The normalized spacial score (nSPS) is 11.6. The molecule has 0 atom stereocenters. The number of halogens is 5. The summed E-state index contributed by atoms with van der Waals surface area (Å²) in [6, 6.07) is 1.58. The van der Waals surface area contributed by atoms with Gasteiger partial charge in [0.05, 0.1) is 5.56 Å². The number of aromatic nitrogens is 1. The van der Waals surface area contributed by atoms with E-state index in [9.17, 15) is 22.0 Å². The van der Waals surface area contributed by atoms with Gasteiger partial charge in [0.2, 0.25) is 0 Å². The topological polar surface area (TPSA) is 62.7 Å². The lowest BCUT2D eigenvalue weighted by molar-refractivity contribution is -0.138. The number of alkyl halides is 5. The van der Waals surface area contributed by atoms with Crippen molar-refractivity contribution in [1.29, 1.82) is 5.26 Å². The molecule has 0 saturated heterocycles. The molecule has 0 aliphatic carbocycles. The summed E-state index contributed by atoms with van der Waals surface area (Å²) in [6.07, 6.45) is -7.91. The Morgan fingerprint density at radius 1 is 1.41 bits per heavy atom. The van der Waals surface area contributed by atoms with Crippen LogP contribution in [-0.4, -0.2) is 4.98 Å². The van der Waals surface area contributed by atoms with E-state index in [1.54, 1.807) is 0 Å². The number of rotatable bonds is 2.